The van der Waals surface area contributed by atoms with Gasteiger partial charge in [0.15, 0.2) is 28.7 Å². The second kappa shape index (κ2) is 11.2. The summed E-state index contributed by atoms with van der Waals surface area (Å²) in [6.45, 7) is 0.619. The van der Waals surface area contributed by atoms with Gasteiger partial charge in [0.05, 0.1) is 48.0 Å². The first-order chi connectivity index (χ1) is 18.3. The van der Waals surface area contributed by atoms with Crippen molar-refractivity contribution in [2.45, 2.75) is 0 Å². The van der Waals surface area contributed by atoms with Crippen LogP contribution in [0, 0.1) is 0 Å². The molecule has 1 aliphatic rings. The van der Waals surface area contributed by atoms with Crippen molar-refractivity contribution in [3.05, 3.63) is 40.3 Å². The molecule has 12 heteroatoms. The van der Waals surface area contributed by atoms with E-state index >= 15 is 0 Å². The maximum absolute atomic E-state index is 14.0. The molecule has 0 spiro atoms. The van der Waals surface area contributed by atoms with Gasteiger partial charge in [0.2, 0.25) is 5.75 Å². The molecule has 4 rings (SSSR count). The quantitative estimate of drug-likeness (QED) is 0.390. The lowest BCUT2D eigenvalue weighted by Gasteiger charge is -2.32. The summed E-state index contributed by atoms with van der Waals surface area (Å²) in [5.41, 5.74) is 0.439. The number of methoxy groups -OCH3 is 6. The Bertz CT molecular complexity index is 1430. The van der Waals surface area contributed by atoms with Crippen LogP contribution >= 0.6 is 0 Å². The summed E-state index contributed by atoms with van der Waals surface area (Å²) in [6.07, 6.45) is 0. The van der Waals surface area contributed by atoms with Crippen LogP contribution in [-0.2, 0) is 15.5 Å². The molecule has 0 bridgehead atoms. The Hall–Kier alpha value is -3.93. The topological polar surface area (TPSA) is 115 Å². The lowest BCUT2D eigenvalue weighted by molar-refractivity contribution is 0.0587. The van der Waals surface area contributed by atoms with Crippen molar-refractivity contribution in [2.75, 3.05) is 72.3 Å². The molecule has 0 radical (unpaired) electrons. The largest absolute Gasteiger partial charge is 0.493 e. The first kappa shape index (κ1) is 27.1. The molecule has 2 aromatic carbocycles. The summed E-state index contributed by atoms with van der Waals surface area (Å²) in [5.74, 6) is 1.80. The van der Waals surface area contributed by atoms with E-state index in [1.807, 2.05) is 0 Å². The zero-order valence-corrected chi connectivity index (χ0v) is 22.9. The fourth-order valence-corrected chi connectivity index (χ4v) is 5.65. The Morgan fingerprint density at radius 2 is 1.29 bits per heavy atom. The van der Waals surface area contributed by atoms with Gasteiger partial charge in [-0.15, -0.1) is 0 Å². The van der Waals surface area contributed by atoms with E-state index in [9.17, 15) is 13.8 Å². The zero-order chi connectivity index (χ0) is 27.6. The molecule has 11 nitrogen and oxygen atoms in total. The Morgan fingerprint density at radius 1 is 0.763 bits per heavy atom. The van der Waals surface area contributed by atoms with Crippen LogP contribution in [0.5, 0.6) is 28.7 Å². The van der Waals surface area contributed by atoms with Gasteiger partial charge in [-0.2, -0.15) is 0 Å². The molecule has 204 valence electrons. The maximum atomic E-state index is 14.0. The summed E-state index contributed by atoms with van der Waals surface area (Å²) < 4.78 is 46.2. The highest BCUT2D eigenvalue weighted by Crippen LogP contribution is 2.44. The van der Waals surface area contributed by atoms with Crippen LogP contribution in [-0.4, -0.2) is 82.1 Å². The van der Waals surface area contributed by atoms with Gasteiger partial charge >= 0.3 is 5.97 Å². The van der Waals surface area contributed by atoms with E-state index in [0.29, 0.717) is 69.9 Å². The number of hydrogen-bond acceptors (Lipinski definition) is 10. The molecule has 38 heavy (non-hydrogen) atoms. The van der Waals surface area contributed by atoms with E-state index < -0.39 is 22.3 Å². The van der Waals surface area contributed by atoms with Crippen molar-refractivity contribution in [1.29, 1.82) is 0 Å². The third-order valence-electron chi connectivity index (χ3n) is 6.43. The third-order valence-corrected chi connectivity index (χ3v) is 7.71. The number of aromatic nitrogens is 1. The van der Waals surface area contributed by atoms with Crippen LogP contribution in [0.4, 0.5) is 0 Å². The van der Waals surface area contributed by atoms with Gasteiger partial charge in [0, 0.05) is 46.3 Å². The van der Waals surface area contributed by atoms with Crippen molar-refractivity contribution >= 4 is 27.5 Å². The van der Waals surface area contributed by atoms with Crippen molar-refractivity contribution in [1.82, 2.24) is 4.68 Å². The molecular formula is C26H30N2O9S. The Balaban J connectivity index is 2.22. The highest BCUT2D eigenvalue weighted by Gasteiger charge is 2.30. The Labute approximate surface area is 222 Å². The first-order valence-electron chi connectivity index (χ1n) is 11.7. The van der Waals surface area contributed by atoms with Gasteiger partial charge in [-0.25, -0.2) is 9.47 Å². The number of fused-ring (bicyclic) bond motifs is 1. The Morgan fingerprint density at radius 3 is 1.76 bits per heavy atom. The number of hydrogen-bond donors (Lipinski definition) is 0. The molecule has 1 saturated heterocycles. The Kier molecular flexibility index (Phi) is 8.00. The third kappa shape index (κ3) is 4.60. The lowest BCUT2D eigenvalue weighted by atomic mass is 9.95. The zero-order valence-electron chi connectivity index (χ0n) is 22.1. The predicted octanol–water partition coefficient (Wildman–Crippen LogP) is 2.20. The van der Waals surface area contributed by atoms with Crippen molar-refractivity contribution in [3.63, 3.8) is 0 Å². The van der Waals surface area contributed by atoms with E-state index in [-0.39, 0.29) is 11.1 Å². The molecule has 2 heterocycles. The van der Waals surface area contributed by atoms with E-state index in [1.165, 1.54) is 47.3 Å². The van der Waals surface area contributed by atoms with Gasteiger partial charge < -0.3 is 33.4 Å². The second-order valence-corrected chi connectivity index (χ2v) is 10.00. The second-order valence-electron chi connectivity index (χ2n) is 8.30. The van der Waals surface area contributed by atoms with Crippen LogP contribution < -0.4 is 34.3 Å². The fourth-order valence-electron chi connectivity index (χ4n) is 4.61. The molecule has 3 aromatic rings. The molecular weight excluding hydrogens is 516 g/mol. The number of benzene rings is 2. The van der Waals surface area contributed by atoms with Crippen LogP contribution in [0.3, 0.4) is 0 Å². The summed E-state index contributed by atoms with van der Waals surface area (Å²) in [5, 5.41) is 2.43. The molecule has 0 amide bonds. The highest BCUT2D eigenvalue weighted by molar-refractivity contribution is 7.85. The van der Waals surface area contributed by atoms with E-state index in [2.05, 4.69) is 0 Å². The van der Waals surface area contributed by atoms with Gasteiger partial charge in [-0.1, -0.05) is 0 Å². The summed E-state index contributed by atoms with van der Waals surface area (Å²) in [7, 11) is 7.68. The molecule has 1 aromatic heterocycles. The van der Waals surface area contributed by atoms with Crippen LogP contribution in [0.25, 0.3) is 21.9 Å². The average Bonchev–Trinajstić information content (AvgIpc) is 2.95. The summed E-state index contributed by atoms with van der Waals surface area (Å²) in [4.78, 5) is 27.4. The number of rotatable bonds is 8. The van der Waals surface area contributed by atoms with Gasteiger partial charge in [0.25, 0.3) is 5.56 Å². The SMILES string of the molecule is COC(=O)c1c(-c2cc(OC)c(OC)c(OC)c2)c2cc(OC)c(OC)cc2c(=O)n1N1CCS(=O)CC1. The minimum Gasteiger partial charge on any atom is -0.493 e. The molecule has 0 atom stereocenters. The van der Waals surface area contributed by atoms with E-state index in [0.717, 1.165) is 0 Å². The number of carbonyl (C=O) groups is 1. The molecule has 0 unspecified atom stereocenters. The van der Waals surface area contributed by atoms with Gasteiger partial charge in [-0.3, -0.25) is 9.00 Å². The van der Waals surface area contributed by atoms with Crippen LogP contribution in [0.1, 0.15) is 10.5 Å². The molecule has 0 saturated carbocycles. The smallest absolute Gasteiger partial charge is 0.357 e. The lowest BCUT2D eigenvalue weighted by Crippen LogP contribution is -2.51. The number of carbonyl (C=O) groups excluding carboxylic acids is 1. The molecule has 0 aliphatic carbocycles. The number of nitrogens with zero attached hydrogens (tertiary/aromatic N) is 2. The monoisotopic (exact) mass is 546 g/mol. The van der Waals surface area contributed by atoms with Crippen molar-refractivity contribution in [3.8, 4) is 39.9 Å². The number of esters is 1. The standard InChI is InChI=1S/C26H30N2O9S/c1-32-18-13-16-17(14-19(18)33-2)25(29)28(27-7-9-38(31)10-8-27)23(26(30)37-6)22(16)15-11-20(34-3)24(36-5)21(12-15)35-4/h11-14H,7-10H2,1-6H3. The van der Waals surface area contributed by atoms with Gasteiger partial charge in [0.1, 0.15) is 0 Å². The summed E-state index contributed by atoms with van der Waals surface area (Å²) in [6, 6.07) is 6.62. The molecule has 0 N–H and O–H groups in total. The predicted molar refractivity (Wildman–Crippen MR) is 144 cm³/mol. The molecule has 1 fully saturated rings. The number of pyridine rings is 1. The number of ether oxygens (including phenoxy) is 6. The van der Waals surface area contributed by atoms with E-state index in [4.69, 9.17) is 28.4 Å². The van der Waals surface area contributed by atoms with E-state index in [1.54, 1.807) is 29.3 Å². The molecule has 1 aliphatic heterocycles. The minimum atomic E-state index is -1.01. The average molecular weight is 547 g/mol. The minimum absolute atomic E-state index is 0.000764. The van der Waals surface area contributed by atoms with Crippen molar-refractivity contribution < 1.29 is 37.4 Å². The normalized spacial score (nSPS) is 13.8. The summed E-state index contributed by atoms with van der Waals surface area (Å²) >= 11 is 0. The fraction of sp³-hybridized carbons (Fsp3) is 0.385. The van der Waals surface area contributed by atoms with Gasteiger partial charge in [-0.05, 0) is 29.8 Å². The maximum Gasteiger partial charge on any atom is 0.357 e. The highest BCUT2D eigenvalue weighted by atomic mass is 32.2. The first-order valence-corrected chi connectivity index (χ1v) is 13.2. The van der Waals surface area contributed by atoms with Crippen molar-refractivity contribution in [2.24, 2.45) is 0 Å². The van der Waals surface area contributed by atoms with Crippen LogP contribution in [0.15, 0.2) is 29.1 Å². The van der Waals surface area contributed by atoms with Crippen LogP contribution in [0.2, 0.25) is 0 Å².